The van der Waals surface area contributed by atoms with Crippen LogP contribution in [-0.2, 0) is 11.2 Å². The Morgan fingerprint density at radius 2 is 1.82 bits per heavy atom. The van der Waals surface area contributed by atoms with Crippen molar-refractivity contribution in [3.8, 4) is 5.75 Å². The van der Waals surface area contributed by atoms with Crippen molar-refractivity contribution in [3.63, 3.8) is 0 Å². The van der Waals surface area contributed by atoms with Gasteiger partial charge in [0.15, 0.2) is 22.5 Å². The number of amides is 1. The Bertz CT molecular complexity index is 1140. The highest BCUT2D eigenvalue weighted by molar-refractivity contribution is 6.31. The molecule has 2 unspecified atom stereocenters. The van der Waals surface area contributed by atoms with Crippen molar-refractivity contribution in [2.75, 3.05) is 58.9 Å². The lowest BCUT2D eigenvalue weighted by Gasteiger charge is -2.35. The molecule has 38 heavy (non-hydrogen) atoms. The lowest BCUT2D eigenvalue weighted by atomic mass is 9.95. The summed E-state index contributed by atoms with van der Waals surface area (Å²) in [7, 11) is 5.64. The minimum atomic E-state index is -0.408. The molecule has 9 nitrogen and oxygen atoms in total. The lowest BCUT2D eigenvalue weighted by molar-refractivity contribution is -0.908. The van der Waals surface area contributed by atoms with Gasteiger partial charge in [-0.15, -0.1) is 0 Å². The Morgan fingerprint density at radius 3 is 2.47 bits per heavy atom. The number of anilines is 2. The van der Waals surface area contributed by atoms with Crippen LogP contribution in [0, 0.1) is 5.92 Å². The summed E-state index contributed by atoms with van der Waals surface area (Å²) in [6, 6.07) is 8.23. The highest BCUT2D eigenvalue weighted by Crippen LogP contribution is 2.22. The number of nitrogen functional groups attached to an aromatic ring is 2. The highest BCUT2D eigenvalue weighted by atomic mass is 35.5. The van der Waals surface area contributed by atoms with Crippen molar-refractivity contribution in [2.45, 2.75) is 32.1 Å². The number of halogens is 1. The molecule has 1 amide bonds. The zero-order valence-corrected chi connectivity index (χ0v) is 23.3. The van der Waals surface area contributed by atoms with E-state index < -0.39 is 5.91 Å². The predicted octanol–water partition coefficient (Wildman–Crippen LogP) is 4.00. The number of hydrogen-bond acceptors (Lipinski definition) is 7. The van der Waals surface area contributed by atoms with Crippen LogP contribution in [0.4, 0.5) is 11.6 Å². The molecule has 0 saturated heterocycles. The van der Waals surface area contributed by atoms with E-state index in [4.69, 9.17) is 32.5 Å². The summed E-state index contributed by atoms with van der Waals surface area (Å²) >= 11 is 5.94. The monoisotopic (exact) mass is 543 g/mol. The fraction of sp³-hybridized carbons (Fsp3) is 0.464. The van der Waals surface area contributed by atoms with E-state index in [0.29, 0.717) is 12.5 Å². The average molecular weight is 544 g/mol. The standard InChI is InChI=1S/C28H39ClN6O3/c1-35(17-4-6-20-8-12-22(37-2)13-9-20,18-5-7-21-10-14-23(38-3)15-11-21)19-16-32-28(36)24-26(30)34-27(31)25(29)33-24/h8-10,12-15,21H,4-7,11,16-19H2,1-3H3,(H4-,30,31,32,34,36)/p+1. The fourth-order valence-electron chi connectivity index (χ4n) is 4.67. The van der Waals surface area contributed by atoms with Gasteiger partial charge in [-0.3, -0.25) is 4.79 Å². The topological polar surface area (TPSA) is 125 Å². The number of methoxy groups -OCH3 is 2. The van der Waals surface area contributed by atoms with Gasteiger partial charge in [0.2, 0.25) is 0 Å². The Hall–Kier alpha value is -3.30. The first-order valence-corrected chi connectivity index (χ1v) is 13.4. The SMILES string of the molecule is COC1=CCC(CCC[N+](C)(CCCc2ccc(OC)cc2)CCNC(=O)c2nc(Cl)c(N)nc2N)C=C1. The molecule has 2 aromatic rings. The molecular formula is C28H40ClN6O3+. The van der Waals surface area contributed by atoms with Crippen LogP contribution in [0.3, 0.4) is 0 Å². The number of aryl methyl sites for hydroxylation is 1. The number of allylic oxidation sites excluding steroid dienone is 3. The molecule has 0 saturated carbocycles. The number of likely N-dealkylation sites (N-methyl/N-ethyl adjacent to an activating group) is 1. The molecule has 0 fully saturated rings. The van der Waals surface area contributed by atoms with Gasteiger partial charge < -0.3 is 30.7 Å². The molecule has 0 radical (unpaired) electrons. The summed E-state index contributed by atoms with van der Waals surface area (Å²) in [6.07, 6.45) is 11.7. The maximum atomic E-state index is 12.7. The van der Waals surface area contributed by atoms with Gasteiger partial charge in [0.25, 0.3) is 5.91 Å². The molecule has 206 valence electrons. The minimum absolute atomic E-state index is 0.00330. The van der Waals surface area contributed by atoms with E-state index in [0.717, 1.165) is 67.7 Å². The first kappa shape index (κ1) is 29.3. The number of aromatic nitrogens is 2. The molecule has 1 aliphatic rings. The second-order valence-electron chi connectivity index (χ2n) is 9.94. The van der Waals surface area contributed by atoms with Crippen LogP contribution in [0.5, 0.6) is 5.75 Å². The third-order valence-corrected chi connectivity index (χ3v) is 7.32. The Labute approximate surface area is 230 Å². The maximum Gasteiger partial charge on any atom is 0.273 e. The van der Waals surface area contributed by atoms with Crippen LogP contribution in [-0.4, -0.2) is 67.8 Å². The number of nitrogens with zero attached hydrogens (tertiary/aromatic N) is 3. The predicted molar refractivity (Wildman–Crippen MR) is 152 cm³/mol. The van der Waals surface area contributed by atoms with Crippen molar-refractivity contribution >= 4 is 29.1 Å². The van der Waals surface area contributed by atoms with Crippen molar-refractivity contribution < 1.29 is 18.8 Å². The zero-order valence-electron chi connectivity index (χ0n) is 22.6. The summed E-state index contributed by atoms with van der Waals surface area (Å²) in [5.41, 5.74) is 12.7. The van der Waals surface area contributed by atoms with Crippen LogP contribution in [0.25, 0.3) is 0 Å². The van der Waals surface area contributed by atoms with Crippen molar-refractivity contribution in [2.24, 2.45) is 5.92 Å². The number of nitrogens with one attached hydrogen (secondary N) is 1. The minimum Gasteiger partial charge on any atom is -0.497 e. The first-order valence-electron chi connectivity index (χ1n) is 13.0. The number of rotatable bonds is 14. The largest absolute Gasteiger partial charge is 0.497 e. The Kier molecular flexibility index (Phi) is 10.8. The number of nitrogens with two attached hydrogens (primary N) is 2. The van der Waals surface area contributed by atoms with E-state index in [-0.39, 0.29) is 22.5 Å². The van der Waals surface area contributed by atoms with Gasteiger partial charge in [0.05, 0.1) is 47.4 Å². The van der Waals surface area contributed by atoms with Crippen molar-refractivity contribution in [3.05, 3.63) is 64.7 Å². The van der Waals surface area contributed by atoms with Crippen LogP contribution in [0.2, 0.25) is 5.15 Å². The van der Waals surface area contributed by atoms with Gasteiger partial charge in [-0.05, 0) is 61.4 Å². The van der Waals surface area contributed by atoms with Gasteiger partial charge in [0, 0.05) is 6.42 Å². The van der Waals surface area contributed by atoms with Gasteiger partial charge in [-0.1, -0.05) is 29.8 Å². The number of hydrogen-bond donors (Lipinski definition) is 3. The van der Waals surface area contributed by atoms with E-state index in [1.807, 2.05) is 12.1 Å². The average Bonchev–Trinajstić information content (AvgIpc) is 2.91. The first-order chi connectivity index (χ1) is 18.2. The van der Waals surface area contributed by atoms with Crippen LogP contribution in [0.1, 0.15) is 41.7 Å². The fourth-order valence-corrected chi connectivity index (χ4v) is 4.80. The normalized spacial score (nSPS) is 16.4. The maximum absolute atomic E-state index is 12.7. The molecule has 0 bridgehead atoms. The molecule has 0 aliphatic heterocycles. The van der Waals surface area contributed by atoms with E-state index in [1.54, 1.807) is 14.2 Å². The molecule has 0 spiro atoms. The smallest absolute Gasteiger partial charge is 0.273 e. The molecule has 1 aliphatic carbocycles. The molecule has 5 N–H and O–H groups in total. The molecule has 2 atom stereocenters. The van der Waals surface area contributed by atoms with E-state index in [1.165, 1.54) is 5.56 Å². The number of carbonyl (C=O) groups excluding carboxylic acids is 1. The summed E-state index contributed by atoms with van der Waals surface area (Å²) in [4.78, 5) is 20.6. The van der Waals surface area contributed by atoms with Crippen molar-refractivity contribution in [1.29, 1.82) is 0 Å². The lowest BCUT2D eigenvalue weighted by Crippen LogP contribution is -2.50. The molecule has 10 heteroatoms. The molecule has 1 aromatic carbocycles. The molecule has 3 rings (SSSR count). The second kappa shape index (κ2) is 14.0. The summed E-state index contributed by atoms with van der Waals surface area (Å²) in [5, 5.41) is 2.90. The molecule has 1 aromatic heterocycles. The third-order valence-electron chi connectivity index (χ3n) is 7.04. The number of quaternary nitrogens is 1. The molecule has 1 heterocycles. The number of carbonyl (C=O) groups is 1. The number of ether oxygens (including phenoxy) is 2. The summed E-state index contributed by atoms with van der Waals surface area (Å²) in [6.45, 7) is 3.26. The van der Waals surface area contributed by atoms with E-state index >= 15 is 0 Å². The highest BCUT2D eigenvalue weighted by Gasteiger charge is 2.23. The third kappa shape index (κ3) is 8.63. The second-order valence-corrected chi connectivity index (χ2v) is 10.3. The quantitative estimate of drug-likeness (QED) is 0.307. The van der Waals surface area contributed by atoms with Crippen LogP contribution >= 0.6 is 11.6 Å². The number of benzene rings is 1. The molecular weight excluding hydrogens is 504 g/mol. The Morgan fingerprint density at radius 1 is 1.08 bits per heavy atom. The van der Waals surface area contributed by atoms with E-state index in [9.17, 15) is 4.79 Å². The summed E-state index contributed by atoms with van der Waals surface area (Å²) in [5.74, 6) is 1.88. The van der Waals surface area contributed by atoms with E-state index in [2.05, 4.69) is 52.7 Å². The summed E-state index contributed by atoms with van der Waals surface area (Å²) < 4.78 is 11.4. The van der Waals surface area contributed by atoms with Crippen molar-refractivity contribution in [1.82, 2.24) is 15.3 Å². The van der Waals surface area contributed by atoms with Crippen LogP contribution < -0.4 is 21.5 Å². The van der Waals surface area contributed by atoms with Crippen LogP contribution in [0.15, 0.2) is 48.3 Å². The van der Waals surface area contributed by atoms with Gasteiger partial charge in [-0.25, -0.2) is 9.97 Å². The zero-order chi connectivity index (χ0) is 27.5. The van der Waals surface area contributed by atoms with Gasteiger partial charge in [0.1, 0.15) is 11.5 Å². The van der Waals surface area contributed by atoms with Gasteiger partial charge >= 0.3 is 0 Å². The Balaban J connectivity index is 1.56. The van der Waals surface area contributed by atoms with Gasteiger partial charge in [-0.2, -0.15) is 0 Å².